The summed E-state index contributed by atoms with van der Waals surface area (Å²) in [5.74, 6) is 0.753. The molecule has 0 heterocycles. The van der Waals surface area contributed by atoms with Gasteiger partial charge in [-0.2, -0.15) is 5.10 Å². The van der Waals surface area contributed by atoms with Gasteiger partial charge in [-0.1, -0.05) is 0 Å². The van der Waals surface area contributed by atoms with Gasteiger partial charge in [0.25, 0.3) is 0 Å². The standard InChI is InChI=1S/C11H13Br2N3OS/c1-3-14-11(18)16-15-6-7-4-8(12)10(17-2)9(13)5-7/h4-6H,3H2,1-2H3,(H2,14,16,18). The van der Waals surface area contributed by atoms with Crippen LogP contribution in [-0.2, 0) is 0 Å². The molecule has 0 fully saturated rings. The minimum absolute atomic E-state index is 0.500. The highest BCUT2D eigenvalue weighted by molar-refractivity contribution is 9.11. The molecular formula is C11H13Br2N3OS. The summed E-state index contributed by atoms with van der Waals surface area (Å²) >= 11 is 11.8. The third kappa shape index (κ3) is 4.55. The number of halogens is 2. The van der Waals surface area contributed by atoms with Gasteiger partial charge in [0.1, 0.15) is 5.75 Å². The smallest absolute Gasteiger partial charge is 0.186 e. The quantitative estimate of drug-likeness (QED) is 0.468. The van der Waals surface area contributed by atoms with Gasteiger partial charge in [0, 0.05) is 6.54 Å². The largest absolute Gasteiger partial charge is 0.494 e. The van der Waals surface area contributed by atoms with Crippen LogP contribution < -0.4 is 15.5 Å². The van der Waals surface area contributed by atoms with E-state index >= 15 is 0 Å². The molecule has 0 unspecified atom stereocenters. The van der Waals surface area contributed by atoms with E-state index in [0.29, 0.717) is 5.11 Å². The fraction of sp³-hybridized carbons (Fsp3) is 0.273. The lowest BCUT2D eigenvalue weighted by Crippen LogP contribution is -2.31. The second-order valence-corrected chi connectivity index (χ2v) is 5.36. The lowest BCUT2D eigenvalue weighted by atomic mass is 10.2. The van der Waals surface area contributed by atoms with Gasteiger partial charge in [-0.05, 0) is 68.7 Å². The number of hydrogen-bond donors (Lipinski definition) is 2. The molecule has 1 rings (SSSR count). The molecule has 0 bridgehead atoms. The third-order valence-corrected chi connectivity index (χ3v) is 3.36. The summed E-state index contributed by atoms with van der Waals surface area (Å²) in [7, 11) is 1.62. The van der Waals surface area contributed by atoms with E-state index < -0.39 is 0 Å². The Balaban J connectivity index is 2.74. The molecule has 2 N–H and O–H groups in total. The Morgan fingerprint density at radius 3 is 2.56 bits per heavy atom. The molecule has 4 nitrogen and oxygen atoms in total. The number of benzene rings is 1. The van der Waals surface area contributed by atoms with Crippen molar-refractivity contribution in [3.8, 4) is 5.75 Å². The fourth-order valence-electron chi connectivity index (χ4n) is 1.21. The zero-order chi connectivity index (χ0) is 13.5. The first kappa shape index (κ1) is 15.4. The van der Waals surface area contributed by atoms with Gasteiger partial charge in [-0.25, -0.2) is 0 Å². The maximum Gasteiger partial charge on any atom is 0.186 e. The highest BCUT2D eigenvalue weighted by Crippen LogP contribution is 2.33. The topological polar surface area (TPSA) is 45.7 Å². The van der Waals surface area contributed by atoms with Crippen LogP contribution in [0.15, 0.2) is 26.2 Å². The minimum Gasteiger partial charge on any atom is -0.494 e. The van der Waals surface area contributed by atoms with Crippen molar-refractivity contribution >= 4 is 55.4 Å². The number of nitrogens with one attached hydrogen (secondary N) is 2. The van der Waals surface area contributed by atoms with Crippen molar-refractivity contribution in [3.05, 3.63) is 26.6 Å². The Bertz CT molecular complexity index is 443. The van der Waals surface area contributed by atoms with Crippen LogP contribution in [0.5, 0.6) is 5.75 Å². The van der Waals surface area contributed by atoms with Gasteiger partial charge in [0.15, 0.2) is 5.11 Å². The lowest BCUT2D eigenvalue weighted by molar-refractivity contribution is 0.409. The lowest BCUT2D eigenvalue weighted by Gasteiger charge is -2.07. The van der Waals surface area contributed by atoms with Crippen LogP contribution in [0.25, 0.3) is 0 Å². The van der Waals surface area contributed by atoms with Crippen molar-refractivity contribution in [1.82, 2.24) is 10.7 Å². The first-order valence-corrected chi connectivity index (χ1v) is 7.17. The number of hydrogen-bond acceptors (Lipinski definition) is 3. The zero-order valence-corrected chi connectivity index (χ0v) is 13.9. The van der Waals surface area contributed by atoms with Crippen LogP contribution in [0.1, 0.15) is 12.5 Å². The van der Waals surface area contributed by atoms with E-state index in [1.807, 2.05) is 19.1 Å². The van der Waals surface area contributed by atoms with Crippen molar-refractivity contribution in [2.24, 2.45) is 5.10 Å². The Labute approximate surface area is 128 Å². The van der Waals surface area contributed by atoms with Crippen molar-refractivity contribution in [3.63, 3.8) is 0 Å². The molecule has 0 atom stereocenters. The molecule has 1 aromatic rings. The van der Waals surface area contributed by atoms with Gasteiger partial charge < -0.3 is 10.1 Å². The molecule has 7 heteroatoms. The molecule has 0 spiro atoms. The van der Waals surface area contributed by atoms with Crippen LogP contribution in [0, 0.1) is 0 Å². The average molecular weight is 395 g/mol. The highest BCUT2D eigenvalue weighted by Gasteiger charge is 2.06. The number of thiocarbonyl (C=S) groups is 1. The van der Waals surface area contributed by atoms with E-state index in [-0.39, 0.29) is 0 Å². The summed E-state index contributed by atoms with van der Waals surface area (Å²) in [5, 5.41) is 7.48. The molecule has 0 saturated carbocycles. The number of rotatable bonds is 4. The molecule has 0 amide bonds. The van der Waals surface area contributed by atoms with Crippen LogP contribution in [0.3, 0.4) is 0 Å². The van der Waals surface area contributed by atoms with Crippen molar-refractivity contribution in [2.75, 3.05) is 13.7 Å². The van der Waals surface area contributed by atoms with Gasteiger partial charge in [0.2, 0.25) is 0 Å². The molecule has 18 heavy (non-hydrogen) atoms. The van der Waals surface area contributed by atoms with Gasteiger partial charge in [-0.15, -0.1) is 0 Å². The van der Waals surface area contributed by atoms with Crippen molar-refractivity contribution in [1.29, 1.82) is 0 Å². The number of ether oxygens (including phenoxy) is 1. The second-order valence-electron chi connectivity index (χ2n) is 3.25. The second kappa shape index (κ2) is 7.70. The predicted octanol–water partition coefficient (Wildman–Crippen LogP) is 3.04. The molecule has 98 valence electrons. The van der Waals surface area contributed by atoms with E-state index in [2.05, 4.69) is 47.7 Å². The number of nitrogens with zero attached hydrogens (tertiary/aromatic N) is 1. The summed E-state index contributed by atoms with van der Waals surface area (Å²) in [5.41, 5.74) is 3.65. The third-order valence-electron chi connectivity index (χ3n) is 1.94. The SMILES string of the molecule is CCNC(=S)NN=Cc1cc(Br)c(OC)c(Br)c1. The van der Waals surface area contributed by atoms with Gasteiger partial charge in [-0.3, -0.25) is 5.43 Å². The summed E-state index contributed by atoms with van der Waals surface area (Å²) < 4.78 is 6.93. The highest BCUT2D eigenvalue weighted by atomic mass is 79.9. The summed E-state index contributed by atoms with van der Waals surface area (Å²) in [6.07, 6.45) is 1.68. The molecule has 0 aliphatic heterocycles. The molecular weight excluding hydrogens is 382 g/mol. The van der Waals surface area contributed by atoms with E-state index in [1.54, 1.807) is 13.3 Å². The van der Waals surface area contributed by atoms with E-state index in [0.717, 1.165) is 26.8 Å². The molecule has 0 saturated heterocycles. The molecule has 0 aromatic heterocycles. The minimum atomic E-state index is 0.500. The Morgan fingerprint density at radius 2 is 2.06 bits per heavy atom. The maximum absolute atomic E-state index is 5.22. The molecule has 0 aliphatic rings. The normalized spacial score (nSPS) is 10.4. The fourth-order valence-corrected chi connectivity index (χ4v) is 2.96. The van der Waals surface area contributed by atoms with Crippen LogP contribution in [-0.4, -0.2) is 25.0 Å². The van der Waals surface area contributed by atoms with Gasteiger partial charge >= 0.3 is 0 Å². The van der Waals surface area contributed by atoms with Crippen LogP contribution in [0.4, 0.5) is 0 Å². The molecule has 0 aliphatic carbocycles. The summed E-state index contributed by atoms with van der Waals surface area (Å²) in [6, 6.07) is 3.82. The average Bonchev–Trinajstić information content (AvgIpc) is 2.29. The zero-order valence-electron chi connectivity index (χ0n) is 9.96. The van der Waals surface area contributed by atoms with Crippen LogP contribution >= 0.6 is 44.1 Å². The maximum atomic E-state index is 5.22. The number of methoxy groups -OCH3 is 1. The van der Waals surface area contributed by atoms with E-state index in [1.165, 1.54) is 0 Å². The Morgan fingerprint density at radius 1 is 1.44 bits per heavy atom. The van der Waals surface area contributed by atoms with Crippen molar-refractivity contribution < 1.29 is 4.74 Å². The first-order valence-electron chi connectivity index (χ1n) is 5.18. The molecule has 0 radical (unpaired) electrons. The van der Waals surface area contributed by atoms with Crippen LogP contribution in [0.2, 0.25) is 0 Å². The summed E-state index contributed by atoms with van der Waals surface area (Å²) in [4.78, 5) is 0. The molecule has 1 aromatic carbocycles. The van der Waals surface area contributed by atoms with Crippen molar-refractivity contribution in [2.45, 2.75) is 6.92 Å². The summed E-state index contributed by atoms with van der Waals surface area (Å²) in [6.45, 7) is 2.73. The predicted molar refractivity (Wildman–Crippen MR) is 85.4 cm³/mol. The van der Waals surface area contributed by atoms with Gasteiger partial charge in [0.05, 0.1) is 22.3 Å². The Hall–Kier alpha value is -0.660. The Kier molecular flexibility index (Phi) is 6.59. The first-order chi connectivity index (χ1) is 8.58. The van der Waals surface area contributed by atoms with E-state index in [4.69, 9.17) is 17.0 Å². The number of hydrazone groups is 1. The van der Waals surface area contributed by atoms with E-state index in [9.17, 15) is 0 Å². The monoisotopic (exact) mass is 393 g/mol.